The van der Waals surface area contributed by atoms with Crippen LogP contribution < -0.4 is 10.6 Å². The molecule has 0 unspecified atom stereocenters. The summed E-state index contributed by atoms with van der Waals surface area (Å²) in [6, 6.07) is 2.08. The van der Waals surface area contributed by atoms with Gasteiger partial charge in [-0.1, -0.05) is 13.3 Å². The maximum absolute atomic E-state index is 7.48. The van der Waals surface area contributed by atoms with Crippen LogP contribution in [0.5, 0.6) is 0 Å². The third-order valence-corrected chi connectivity index (χ3v) is 3.47. The van der Waals surface area contributed by atoms with E-state index in [9.17, 15) is 0 Å². The second kappa shape index (κ2) is 5.80. The van der Waals surface area contributed by atoms with E-state index in [0.29, 0.717) is 5.84 Å². The van der Waals surface area contributed by atoms with Crippen molar-refractivity contribution in [3.05, 3.63) is 18.1 Å². The molecule has 98 valence electrons. The number of hydrogen-bond acceptors (Lipinski definition) is 4. The fourth-order valence-corrected chi connectivity index (χ4v) is 2.37. The highest BCUT2D eigenvalue weighted by Crippen LogP contribution is 2.21. The van der Waals surface area contributed by atoms with Gasteiger partial charge in [-0.3, -0.25) is 5.41 Å². The molecule has 0 bridgehead atoms. The molecule has 0 amide bonds. The lowest BCUT2D eigenvalue weighted by Crippen LogP contribution is -2.38. The zero-order valence-electron chi connectivity index (χ0n) is 10.9. The molecule has 2 rings (SSSR count). The number of nitrogens with one attached hydrogen (secondary N) is 1. The van der Waals surface area contributed by atoms with E-state index in [1.165, 1.54) is 0 Å². The third kappa shape index (κ3) is 2.97. The third-order valence-electron chi connectivity index (χ3n) is 3.47. The Hall–Kier alpha value is -1.65. The molecule has 0 saturated carbocycles. The Kier molecular flexibility index (Phi) is 4.12. The van der Waals surface area contributed by atoms with E-state index in [1.807, 2.05) is 0 Å². The van der Waals surface area contributed by atoms with Crippen molar-refractivity contribution in [2.24, 2.45) is 11.7 Å². The normalized spacial score (nSPS) is 16.8. The lowest BCUT2D eigenvalue weighted by Gasteiger charge is -2.32. The molecule has 5 nitrogen and oxygen atoms in total. The first kappa shape index (κ1) is 12.8. The molecule has 1 fully saturated rings. The van der Waals surface area contributed by atoms with Crippen molar-refractivity contribution in [2.45, 2.75) is 32.6 Å². The Morgan fingerprint density at radius 3 is 2.78 bits per heavy atom. The van der Waals surface area contributed by atoms with Gasteiger partial charge in [-0.05, 0) is 19.3 Å². The number of aryl methyl sites for hydroxylation is 1. The topological polar surface area (TPSA) is 78.9 Å². The van der Waals surface area contributed by atoms with E-state index in [4.69, 9.17) is 11.1 Å². The summed E-state index contributed by atoms with van der Waals surface area (Å²) >= 11 is 0. The molecule has 5 heteroatoms. The lowest BCUT2D eigenvalue weighted by atomic mass is 9.96. The van der Waals surface area contributed by atoms with E-state index in [0.717, 1.165) is 50.3 Å². The predicted octanol–water partition coefficient (Wildman–Crippen LogP) is 1.58. The fraction of sp³-hybridized carbons (Fsp3) is 0.615. The number of anilines is 1. The molecule has 2 heterocycles. The Morgan fingerprint density at radius 1 is 1.44 bits per heavy atom. The number of nitrogens with zero attached hydrogens (tertiary/aromatic N) is 3. The summed E-state index contributed by atoms with van der Waals surface area (Å²) in [5, 5.41) is 7.48. The van der Waals surface area contributed by atoms with Gasteiger partial charge in [0.25, 0.3) is 0 Å². The highest BCUT2D eigenvalue weighted by atomic mass is 15.2. The molecule has 0 radical (unpaired) electrons. The van der Waals surface area contributed by atoms with Crippen molar-refractivity contribution < 1.29 is 0 Å². The van der Waals surface area contributed by atoms with Crippen LogP contribution in [0.4, 0.5) is 5.82 Å². The van der Waals surface area contributed by atoms with Gasteiger partial charge in [-0.15, -0.1) is 0 Å². The summed E-state index contributed by atoms with van der Waals surface area (Å²) in [6.45, 7) is 4.00. The Bertz CT molecular complexity index is 410. The fourth-order valence-electron chi connectivity index (χ4n) is 2.37. The van der Waals surface area contributed by atoms with Crippen molar-refractivity contribution in [2.75, 3.05) is 18.0 Å². The average molecular weight is 247 g/mol. The van der Waals surface area contributed by atoms with Crippen molar-refractivity contribution >= 4 is 11.7 Å². The molecule has 1 saturated heterocycles. The van der Waals surface area contributed by atoms with Gasteiger partial charge < -0.3 is 10.6 Å². The van der Waals surface area contributed by atoms with Crippen molar-refractivity contribution in [3.8, 4) is 0 Å². The molecule has 1 aromatic rings. The Balaban J connectivity index is 2.00. The van der Waals surface area contributed by atoms with E-state index in [1.54, 1.807) is 6.33 Å². The van der Waals surface area contributed by atoms with Gasteiger partial charge in [0.05, 0.1) is 5.84 Å². The zero-order chi connectivity index (χ0) is 13.0. The van der Waals surface area contributed by atoms with Gasteiger partial charge in [0.15, 0.2) is 0 Å². The second-order valence-corrected chi connectivity index (χ2v) is 4.83. The highest BCUT2D eigenvalue weighted by molar-refractivity contribution is 5.79. The van der Waals surface area contributed by atoms with Crippen LogP contribution in [0.1, 0.15) is 31.9 Å². The van der Waals surface area contributed by atoms with Crippen molar-refractivity contribution in [3.63, 3.8) is 0 Å². The monoisotopic (exact) mass is 247 g/mol. The summed E-state index contributed by atoms with van der Waals surface area (Å²) in [6.07, 6.45) is 5.64. The largest absolute Gasteiger partial charge is 0.387 e. The number of aromatic nitrogens is 2. The summed E-state index contributed by atoms with van der Waals surface area (Å²) in [5.41, 5.74) is 6.66. The minimum Gasteiger partial charge on any atom is -0.387 e. The molecule has 3 N–H and O–H groups in total. The number of rotatable bonds is 4. The quantitative estimate of drug-likeness (QED) is 0.625. The van der Waals surface area contributed by atoms with E-state index >= 15 is 0 Å². The van der Waals surface area contributed by atoms with Crippen LogP contribution >= 0.6 is 0 Å². The van der Waals surface area contributed by atoms with E-state index < -0.39 is 0 Å². The first-order valence-electron chi connectivity index (χ1n) is 6.60. The summed E-state index contributed by atoms with van der Waals surface area (Å²) in [4.78, 5) is 10.9. The minimum atomic E-state index is 0.248. The van der Waals surface area contributed by atoms with Crippen LogP contribution in [0.2, 0.25) is 0 Å². The predicted molar refractivity (Wildman–Crippen MR) is 72.9 cm³/mol. The van der Waals surface area contributed by atoms with Gasteiger partial charge in [-0.2, -0.15) is 0 Å². The molecule has 18 heavy (non-hydrogen) atoms. The van der Waals surface area contributed by atoms with Gasteiger partial charge in [0.2, 0.25) is 0 Å². The van der Waals surface area contributed by atoms with Crippen molar-refractivity contribution in [1.82, 2.24) is 9.97 Å². The molecule has 1 aliphatic rings. The molecule has 0 aliphatic carbocycles. The van der Waals surface area contributed by atoms with Crippen LogP contribution in [0, 0.1) is 11.3 Å². The molecule has 0 atom stereocenters. The summed E-state index contributed by atoms with van der Waals surface area (Å²) in [7, 11) is 0. The lowest BCUT2D eigenvalue weighted by molar-refractivity contribution is 0.495. The maximum Gasteiger partial charge on any atom is 0.132 e. The first-order chi connectivity index (χ1) is 8.70. The molecule has 0 aromatic carbocycles. The van der Waals surface area contributed by atoms with Gasteiger partial charge >= 0.3 is 0 Å². The number of nitrogens with two attached hydrogens (primary N) is 1. The zero-order valence-corrected chi connectivity index (χ0v) is 10.9. The second-order valence-electron chi connectivity index (χ2n) is 4.83. The van der Waals surface area contributed by atoms with E-state index in [-0.39, 0.29) is 5.92 Å². The Morgan fingerprint density at radius 2 is 2.17 bits per heavy atom. The minimum absolute atomic E-state index is 0.248. The molecular weight excluding hydrogens is 226 g/mol. The molecule has 0 spiro atoms. The average Bonchev–Trinajstić information content (AvgIpc) is 2.39. The van der Waals surface area contributed by atoms with Crippen LogP contribution in [0.25, 0.3) is 0 Å². The van der Waals surface area contributed by atoms with Gasteiger partial charge in [-0.25, -0.2) is 9.97 Å². The van der Waals surface area contributed by atoms with E-state index in [2.05, 4.69) is 27.9 Å². The summed E-state index contributed by atoms with van der Waals surface area (Å²) in [5.74, 6) is 1.58. The van der Waals surface area contributed by atoms with Crippen molar-refractivity contribution in [1.29, 1.82) is 5.41 Å². The Labute approximate surface area is 108 Å². The number of amidine groups is 1. The number of piperidine rings is 1. The highest BCUT2D eigenvalue weighted by Gasteiger charge is 2.22. The van der Waals surface area contributed by atoms with Gasteiger partial charge in [0, 0.05) is 30.8 Å². The molecule has 1 aromatic heterocycles. The molecular formula is C13H21N5. The van der Waals surface area contributed by atoms with Crippen LogP contribution in [-0.2, 0) is 6.42 Å². The maximum atomic E-state index is 7.48. The smallest absolute Gasteiger partial charge is 0.132 e. The first-order valence-corrected chi connectivity index (χ1v) is 6.60. The standard InChI is InChI=1S/C13H21N5/c1-2-3-11-8-12(17-9-16-11)18-6-4-10(5-7-18)13(14)15/h8-10H,2-7H2,1H3,(H3,14,15). The van der Waals surface area contributed by atoms with Crippen LogP contribution in [0.15, 0.2) is 12.4 Å². The molecule has 1 aliphatic heterocycles. The van der Waals surface area contributed by atoms with Gasteiger partial charge in [0.1, 0.15) is 12.1 Å². The van der Waals surface area contributed by atoms with Crippen LogP contribution in [-0.4, -0.2) is 28.9 Å². The van der Waals surface area contributed by atoms with Crippen LogP contribution in [0.3, 0.4) is 0 Å². The summed E-state index contributed by atoms with van der Waals surface area (Å²) < 4.78 is 0. The SMILES string of the molecule is CCCc1cc(N2CCC(C(=N)N)CC2)ncn1. The number of hydrogen-bond donors (Lipinski definition) is 2.